The van der Waals surface area contributed by atoms with Crippen LogP contribution in [0.2, 0.25) is 6.55 Å². The van der Waals surface area contributed by atoms with Gasteiger partial charge in [-0.25, -0.2) is 0 Å². The second-order valence-electron chi connectivity index (χ2n) is 4.72. The van der Waals surface area contributed by atoms with Crippen molar-refractivity contribution in [2.45, 2.75) is 39.7 Å². The number of carbonyl (C=O) groups excluding carboxylic acids is 1. The Bertz CT molecular complexity index is 361. The quantitative estimate of drug-likeness (QED) is 0.310. The molecule has 3 heteroatoms. The Balaban J connectivity index is 3.92. The van der Waals surface area contributed by atoms with Gasteiger partial charge < -0.3 is 4.74 Å². The van der Waals surface area contributed by atoms with Crippen molar-refractivity contribution >= 4 is 15.5 Å². The molecule has 0 N–H and O–H groups in total. The molecule has 2 nitrogen and oxygen atoms in total. The molecule has 0 unspecified atom stereocenters. The molecule has 0 aliphatic heterocycles. The van der Waals surface area contributed by atoms with E-state index in [2.05, 4.69) is 48.7 Å². The molecule has 0 rings (SSSR count). The topological polar surface area (TPSA) is 26.3 Å². The van der Waals surface area contributed by atoms with E-state index in [-0.39, 0.29) is 15.5 Å². The van der Waals surface area contributed by atoms with Gasteiger partial charge in [0.2, 0.25) is 0 Å². The van der Waals surface area contributed by atoms with Crippen LogP contribution in [0.15, 0.2) is 24.3 Å². The molecule has 0 bridgehead atoms. The first-order valence-electron chi connectivity index (χ1n) is 7.00. The number of rotatable bonds is 7. The smallest absolute Gasteiger partial charge is 0.305 e. The maximum absolute atomic E-state index is 11.0. The van der Waals surface area contributed by atoms with Gasteiger partial charge in [-0.1, -0.05) is 44.5 Å². The summed E-state index contributed by atoms with van der Waals surface area (Å²) in [5.74, 6) is 3.99. The third kappa shape index (κ3) is 10.3. The summed E-state index contributed by atoms with van der Waals surface area (Å²) in [6.45, 7) is 6.60. The van der Waals surface area contributed by atoms with Crippen molar-refractivity contribution in [3.63, 3.8) is 0 Å². The highest BCUT2D eigenvalue weighted by molar-refractivity contribution is 6.44. The van der Waals surface area contributed by atoms with E-state index in [1.165, 1.54) is 7.11 Å². The molecule has 0 spiro atoms. The molecule has 0 radical (unpaired) electrons. The van der Waals surface area contributed by atoms with Crippen LogP contribution in [0.1, 0.15) is 33.1 Å². The molecule has 0 aromatic heterocycles. The Hall–Kier alpha value is -1.27. The summed E-state index contributed by atoms with van der Waals surface area (Å²) in [4.78, 5) is 11.0. The lowest BCUT2D eigenvalue weighted by Gasteiger charge is -2.15. The average molecular weight is 278 g/mol. The van der Waals surface area contributed by atoms with Crippen LogP contribution in [0.25, 0.3) is 0 Å². The largest absolute Gasteiger partial charge is 0.469 e. The van der Waals surface area contributed by atoms with E-state index < -0.39 is 0 Å². The van der Waals surface area contributed by atoms with Gasteiger partial charge in [-0.05, 0) is 30.8 Å². The maximum Gasteiger partial charge on any atom is 0.305 e. The fraction of sp³-hybridized carbons (Fsp3) is 0.562. The first kappa shape index (κ1) is 17.7. The van der Waals surface area contributed by atoms with Crippen LogP contribution in [0.4, 0.5) is 0 Å². The highest BCUT2D eigenvalue weighted by Gasteiger charge is 2.09. The first-order chi connectivity index (χ1) is 9.11. The number of hydrogen-bond donors (Lipinski definition) is 0. The van der Waals surface area contributed by atoms with Gasteiger partial charge in [0.15, 0.2) is 0 Å². The molecule has 0 amide bonds. The lowest BCUT2D eigenvalue weighted by Crippen LogP contribution is -2.07. The number of hydrogen-bond acceptors (Lipinski definition) is 2. The van der Waals surface area contributed by atoms with E-state index in [1.54, 1.807) is 0 Å². The van der Waals surface area contributed by atoms with Gasteiger partial charge in [0.1, 0.15) is 9.52 Å². The molecule has 0 aromatic carbocycles. The van der Waals surface area contributed by atoms with Gasteiger partial charge in [0.05, 0.1) is 7.11 Å². The molecule has 0 aliphatic carbocycles. The molecule has 0 heterocycles. The maximum atomic E-state index is 11.0. The highest BCUT2D eigenvalue weighted by atomic mass is 28.2. The van der Waals surface area contributed by atoms with Gasteiger partial charge in [-0.2, -0.15) is 0 Å². The van der Waals surface area contributed by atoms with E-state index in [9.17, 15) is 4.79 Å². The summed E-state index contributed by atoms with van der Waals surface area (Å²) in [7, 11) is 1.30. The molecule has 2 atom stereocenters. The summed E-state index contributed by atoms with van der Waals surface area (Å²) < 4.78 is 4.63. The van der Waals surface area contributed by atoms with Crippen LogP contribution in [0.5, 0.6) is 0 Å². The fourth-order valence-corrected chi connectivity index (χ4v) is 1.95. The van der Waals surface area contributed by atoms with Crippen LogP contribution >= 0.6 is 0 Å². The average Bonchev–Trinajstić information content (AvgIpc) is 2.41. The Morgan fingerprint density at radius 1 is 1.37 bits per heavy atom. The minimum absolute atomic E-state index is 0.114. The molecular formula is C16H26O2Si. The lowest BCUT2D eigenvalue weighted by atomic mass is 9.90. The van der Waals surface area contributed by atoms with Crippen molar-refractivity contribution in [3.8, 4) is 11.5 Å². The van der Waals surface area contributed by atoms with E-state index in [0.29, 0.717) is 18.3 Å². The standard InChI is InChI=1S/C16H26O2Si/c1-14(10-7-5-6-8-13-19-4)15(2)11-9-12-16(17)18-3/h5-7,10,14-15H,9,11-12,19H2,1-4H3/b6-5?,10-7+/t14-,15+/m1/s1. The predicted molar refractivity (Wildman–Crippen MR) is 84.7 cm³/mol. The van der Waals surface area contributed by atoms with Gasteiger partial charge in [0.25, 0.3) is 0 Å². The van der Waals surface area contributed by atoms with Crippen molar-refractivity contribution in [2.24, 2.45) is 11.8 Å². The van der Waals surface area contributed by atoms with Gasteiger partial charge in [-0.15, -0.1) is 5.54 Å². The Labute approximate surface area is 120 Å². The normalized spacial score (nSPS) is 14.7. The Morgan fingerprint density at radius 2 is 2.11 bits per heavy atom. The number of esters is 1. The zero-order valence-electron chi connectivity index (χ0n) is 12.6. The molecule has 106 valence electrons. The third-order valence-electron chi connectivity index (χ3n) is 3.15. The minimum atomic E-state index is -0.142. The second-order valence-corrected chi connectivity index (χ2v) is 5.78. The van der Waals surface area contributed by atoms with Gasteiger partial charge in [0, 0.05) is 6.42 Å². The van der Waals surface area contributed by atoms with E-state index in [4.69, 9.17) is 0 Å². The third-order valence-corrected chi connectivity index (χ3v) is 3.71. The summed E-state index contributed by atoms with van der Waals surface area (Å²) in [5.41, 5.74) is 3.13. The monoisotopic (exact) mass is 278 g/mol. The van der Waals surface area contributed by atoms with E-state index in [1.807, 2.05) is 12.2 Å². The highest BCUT2D eigenvalue weighted by Crippen LogP contribution is 2.19. The number of allylic oxidation sites excluding steroid dienone is 4. The summed E-state index contributed by atoms with van der Waals surface area (Å²) >= 11 is 0. The SMILES string of the molecule is COC(=O)CCC[C@H](C)[C@H](C)/C=C/C=CC#C[SiH2]C. The first-order valence-corrected chi connectivity index (χ1v) is 9.12. The molecule has 0 aromatic rings. The van der Waals surface area contributed by atoms with Gasteiger partial charge in [-0.3, -0.25) is 4.79 Å². The predicted octanol–water partition coefficient (Wildman–Crippen LogP) is 2.89. The van der Waals surface area contributed by atoms with Crippen molar-refractivity contribution in [2.75, 3.05) is 7.11 Å². The summed E-state index contributed by atoms with van der Waals surface area (Å²) in [6.07, 6.45) is 10.6. The van der Waals surface area contributed by atoms with Crippen molar-refractivity contribution in [1.82, 2.24) is 0 Å². The summed E-state index contributed by atoms with van der Waals surface area (Å²) in [5, 5.41) is 0. The van der Waals surface area contributed by atoms with E-state index >= 15 is 0 Å². The minimum Gasteiger partial charge on any atom is -0.469 e. The van der Waals surface area contributed by atoms with Crippen LogP contribution in [0, 0.1) is 23.3 Å². The Kier molecular flexibility index (Phi) is 11.0. The fourth-order valence-electron chi connectivity index (χ4n) is 1.63. The van der Waals surface area contributed by atoms with E-state index in [0.717, 1.165) is 12.8 Å². The van der Waals surface area contributed by atoms with Crippen molar-refractivity contribution < 1.29 is 9.53 Å². The van der Waals surface area contributed by atoms with Crippen LogP contribution in [-0.4, -0.2) is 22.6 Å². The van der Waals surface area contributed by atoms with Crippen LogP contribution in [0.3, 0.4) is 0 Å². The molecular weight excluding hydrogens is 252 g/mol. The number of ether oxygens (including phenoxy) is 1. The van der Waals surface area contributed by atoms with Gasteiger partial charge >= 0.3 is 5.97 Å². The Morgan fingerprint density at radius 3 is 2.74 bits per heavy atom. The number of methoxy groups -OCH3 is 1. The zero-order chi connectivity index (χ0) is 14.5. The molecule has 0 saturated carbocycles. The molecule has 0 aliphatic rings. The van der Waals surface area contributed by atoms with Crippen LogP contribution < -0.4 is 0 Å². The van der Waals surface area contributed by atoms with Crippen molar-refractivity contribution in [3.05, 3.63) is 24.3 Å². The second kappa shape index (κ2) is 11.8. The van der Waals surface area contributed by atoms with Crippen LogP contribution in [-0.2, 0) is 9.53 Å². The summed E-state index contributed by atoms with van der Waals surface area (Å²) in [6, 6.07) is 0. The lowest BCUT2D eigenvalue weighted by molar-refractivity contribution is -0.140. The molecule has 0 fully saturated rings. The molecule has 0 saturated heterocycles. The molecule has 19 heavy (non-hydrogen) atoms. The zero-order valence-corrected chi connectivity index (χ0v) is 14.0. The number of carbonyl (C=O) groups is 1. The van der Waals surface area contributed by atoms with Crippen molar-refractivity contribution in [1.29, 1.82) is 0 Å².